The maximum Gasteiger partial charge on any atom is 0.276 e. The van der Waals surface area contributed by atoms with Crippen LogP contribution in [-0.4, -0.2) is 89.0 Å². The molecule has 0 unspecified atom stereocenters. The van der Waals surface area contributed by atoms with Crippen molar-refractivity contribution >= 4 is 5.91 Å². The van der Waals surface area contributed by atoms with Crippen molar-refractivity contribution in [3.63, 3.8) is 0 Å². The molecule has 7 nitrogen and oxygen atoms in total. The first kappa shape index (κ1) is 20.5. The number of rotatable bonds is 8. The Balaban J connectivity index is 1.42. The highest BCUT2D eigenvalue weighted by molar-refractivity contribution is 5.92. The van der Waals surface area contributed by atoms with E-state index in [0.717, 1.165) is 52.2 Å². The van der Waals surface area contributed by atoms with Gasteiger partial charge >= 0.3 is 0 Å². The lowest BCUT2D eigenvalue weighted by molar-refractivity contribution is 0.0658. The van der Waals surface area contributed by atoms with E-state index in [1.54, 1.807) is 10.9 Å². The minimum Gasteiger partial charge on any atom is -0.335 e. The van der Waals surface area contributed by atoms with E-state index in [4.69, 9.17) is 0 Å². The summed E-state index contributed by atoms with van der Waals surface area (Å²) in [6.45, 7) is 8.24. The summed E-state index contributed by atoms with van der Waals surface area (Å²) in [4.78, 5) is 19.0. The smallest absolute Gasteiger partial charge is 0.276 e. The standard InChI is InChI=1S/C21H32N6O/c1-18(19-7-5-4-6-8-19)9-10-24(2)13-16-27-17-20(22-23-27)21(28)26-14-11-25(3)12-15-26/h4-8,17-18H,9-16H2,1-3H3/t18-/m1/s1. The van der Waals surface area contributed by atoms with Gasteiger partial charge in [0.25, 0.3) is 5.91 Å². The molecule has 0 spiro atoms. The molecule has 0 radical (unpaired) electrons. The van der Waals surface area contributed by atoms with Crippen LogP contribution >= 0.6 is 0 Å². The van der Waals surface area contributed by atoms with Gasteiger partial charge in [-0.25, -0.2) is 0 Å². The van der Waals surface area contributed by atoms with Crippen molar-refractivity contribution in [3.05, 3.63) is 47.8 Å². The number of likely N-dealkylation sites (N-methyl/N-ethyl adjacent to an activating group) is 2. The molecule has 2 heterocycles. The van der Waals surface area contributed by atoms with Crippen LogP contribution in [0.1, 0.15) is 35.3 Å². The van der Waals surface area contributed by atoms with E-state index >= 15 is 0 Å². The molecule has 28 heavy (non-hydrogen) atoms. The van der Waals surface area contributed by atoms with Crippen LogP contribution < -0.4 is 0 Å². The first-order valence-electron chi connectivity index (χ1n) is 10.1. The fourth-order valence-electron chi connectivity index (χ4n) is 3.42. The molecule has 1 atom stereocenters. The Bertz CT molecular complexity index is 738. The fraction of sp³-hybridized carbons (Fsp3) is 0.571. The molecule has 1 aromatic heterocycles. The molecule has 1 aliphatic rings. The molecular weight excluding hydrogens is 352 g/mol. The van der Waals surface area contributed by atoms with Gasteiger partial charge in [-0.1, -0.05) is 42.5 Å². The van der Waals surface area contributed by atoms with Gasteiger partial charge in [-0.3, -0.25) is 9.48 Å². The maximum atomic E-state index is 12.6. The number of piperazine rings is 1. The quantitative estimate of drug-likeness (QED) is 0.695. The second-order valence-electron chi connectivity index (χ2n) is 7.87. The fourth-order valence-corrected chi connectivity index (χ4v) is 3.42. The summed E-state index contributed by atoms with van der Waals surface area (Å²) in [7, 11) is 4.21. The highest BCUT2D eigenvalue weighted by Crippen LogP contribution is 2.18. The molecular formula is C21H32N6O. The molecule has 3 rings (SSSR count). The molecule has 152 valence electrons. The molecule has 1 saturated heterocycles. The topological polar surface area (TPSA) is 57.5 Å². The number of amides is 1. The minimum absolute atomic E-state index is 0.00982. The third-order valence-electron chi connectivity index (χ3n) is 5.57. The van der Waals surface area contributed by atoms with Gasteiger partial charge in [-0.2, -0.15) is 0 Å². The van der Waals surface area contributed by atoms with Crippen molar-refractivity contribution in [2.75, 3.05) is 53.4 Å². The Hall–Kier alpha value is -2.25. The highest BCUT2D eigenvalue weighted by atomic mass is 16.2. The van der Waals surface area contributed by atoms with Gasteiger partial charge in [0.2, 0.25) is 0 Å². The number of carbonyl (C=O) groups excluding carboxylic acids is 1. The van der Waals surface area contributed by atoms with E-state index in [1.807, 2.05) is 4.90 Å². The van der Waals surface area contributed by atoms with Crippen LogP contribution in [-0.2, 0) is 6.54 Å². The van der Waals surface area contributed by atoms with E-state index in [-0.39, 0.29) is 5.91 Å². The number of hydrogen-bond donors (Lipinski definition) is 0. The number of carbonyl (C=O) groups is 1. The Labute approximate surface area is 167 Å². The van der Waals surface area contributed by atoms with Gasteiger partial charge in [-0.15, -0.1) is 5.10 Å². The number of benzene rings is 1. The normalized spacial score (nSPS) is 16.5. The van der Waals surface area contributed by atoms with Crippen LogP contribution in [0.5, 0.6) is 0 Å². The summed E-state index contributed by atoms with van der Waals surface area (Å²) in [5.41, 5.74) is 1.84. The number of hydrogen-bond acceptors (Lipinski definition) is 5. The van der Waals surface area contributed by atoms with Gasteiger partial charge in [0, 0.05) is 32.7 Å². The molecule has 7 heteroatoms. The summed E-state index contributed by atoms with van der Waals surface area (Å²) < 4.78 is 1.78. The zero-order valence-corrected chi connectivity index (χ0v) is 17.3. The number of aromatic nitrogens is 3. The van der Waals surface area contributed by atoms with Gasteiger partial charge in [0.1, 0.15) is 0 Å². The van der Waals surface area contributed by atoms with Crippen molar-refractivity contribution in [2.24, 2.45) is 0 Å². The average molecular weight is 385 g/mol. The lowest BCUT2D eigenvalue weighted by Gasteiger charge is -2.31. The maximum absolute atomic E-state index is 12.6. The molecule has 2 aromatic rings. The predicted octanol–water partition coefficient (Wildman–Crippen LogP) is 1.79. The van der Waals surface area contributed by atoms with E-state index < -0.39 is 0 Å². The van der Waals surface area contributed by atoms with Crippen molar-refractivity contribution in [3.8, 4) is 0 Å². The van der Waals surface area contributed by atoms with Gasteiger partial charge < -0.3 is 14.7 Å². The minimum atomic E-state index is -0.00982. The predicted molar refractivity (Wildman–Crippen MR) is 110 cm³/mol. The zero-order valence-electron chi connectivity index (χ0n) is 17.3. The van der Waals surface area contributed by atoms with Crippen molar-refractivity contribution in [1.82, 2.24) is 29.7 Å². The zero-order chi connectivity index (χ0) is 19.9. The molecule has 0 aliphatic carbocycles. The molecule has 1 aliphatic heterocycles. The van der Waals surface area contributed by atoms with Crippen molar-refractivity contribution in [2.45, 2.75) is 25.8 Å². The van der Waals surface area contributed by atoms with Crippen LogP contribution in [0.15, 0.2) is 36.5 Å². The van der Waals surface area contributed by atoms with Crippen LogP contribution in [0.2, 0.25) is 0 Å². The highest BCUT2D eigenvalue weighted by Gasteiger charge is 2.22. The molecule has 0 bridgehead atoms. The lowest BCUT2D eigenvalue weighted by atomic mass is 9.98. The molecule has 1 fully saturated rings. The Morgan fingerprint density at radius 1 is 1.14 bits per heavy atom. The first-order chi connectivity index (χ1) is 13.5. The Kier molecular flexibility index (Phi) is 7.17. The average Bonchev–Trinajstić information content (AvgIpc) is 3.20. The summed E-state index contributed by atoms with van der Waals surface area (Å²) in [6.07, 6.45) is 2.89. The van der Waals surface area contributed by atoms with E-state index in [1.165, 1.54) is 5.56 Å². The van der Waals surface area contributed by atoms with Crippen LogP contribution in [0.3, 0.4) is 0 Å². The third kappa shape index (κ3) is 5.62. The largest absolute Gasteiger partial charge is 0.335 e. The SMILES string of the molecule is C[C@H](CCN(C)CCn1cc(C(=O)N2CCN(C)CC2)nn1)c1ccccc1. The second kappa shape index (κ2) is 9.80. The van der Waals surface area contributed by atoms with E-state index in [2.05, 4.69) is 71.5 Å². The van der Waals surface area contributed by atoms with Crippen LogP contribution in [0, 0.1) is 0 Å². The Morgan fingerprint density at radius 2 is 1.86 bits per heavy atom. The van der Waals surface area contributed by atoms with Crippen molar-refractivity contribution in [1.29, 1.82) is 0 Å². The van der Waals surface area contributed by atoms with Crippen LogP contribution in [0.25, 0.3) is 0 Å². The molecule has 1 aromatic carbocycles. The summed E-state index contributed by atoms with van der Waals surface area (Å²) in [6, 6.07) is 10.6. The molecule has 1 amide bonds. The van der Waals surface area contributed by atoms with E-state index in [0.29, 0.717) is 11.6 Å². The first-order valence-corrected chi connectivity index (χ1v) is 10.1. The third-order valence-corrected chi connectivity index (χ3v) is 5.57. The van der Waals surface area contributed by atoms with Gasteiger partial charge in [0.15, 0.2) is 5.69 Å². The molecule has 0 saturated carbocycles. The summed E-state index contributed by atoms with van der Waals surface area (Å²) in [5.74, 6) is 0.534. The summed E-state index contributed by atoms with van der Waals surface area (Å²) in [5, 5.41) is 8.24. The molecule has 0 N–H and O–H groups in total. The second-order valence-corrected chi connectivity index (χ2v) is 7.87. The summed E-state index contributed by atoms with van der Waals surface area (Å²) >= 11 is 0. The van der Waals surface area contributed by atoms with Crippen molar-refractivity contribution < 1.29 is 4.79 Å². The van der Waals surface area contributed by atoms with E-state index in [9.17, 15) is 4.79 Å². The van der Waals surface area contributed by atoms with Gasteiger partial charge in [0.05, 0.1) is 12.7 Å². The monoisotopic (exact) mass is 384 g/mol. The van der Waals surface area contributed by atoms with Crippen LogP contribution in [0.4, 0.5) is 0 Å². The lowest BCUT2D eigenvalue weighted by Crippen LogP contribution is -2.47. The number of nitrogens with zero attached hydrogens (tertiary/aromatic N) is 6. The van der Waals surface area contributed by atoms with Gasteiger partial charge in [-0.05, 0) is 38.5 Å². The Morgan fingerprint density at radius 3 is 2.57 bits per heavy atom.